The Hall–Kier alpha value is -1.97. The van der Waals surface area contributed by atoms with Crippen molar-refractivity contribution < 1.29 is 12.9 Å². The van der Waals surface area contributed by atoms with Crippen molar-refractivity contribution in [2.75, 3.05) is 18.1 Å². The van der Waals surface area contributed by atoms with E-state index in [1.165, 1.54) is 0 Å². The second kappa shape index (κ2) is 6.40. The van der Waals surface area contributed by atoms with Gasteiger partial charge in [-0.2, -0.15) is 5.10 Å². The quantitative estimate of drug-likeness (QED) is 0.692. The average Bonchev–Trinajstić information content (AvgIpc) is 3.29. The number of aryl methyl sites for hydroxylation is 1. The second-order valence-corrected chi connectivity index (χ2v) is 9.38. The smallest absolute Gasteiger partial charge is 0.177 e. The highest BCUT2D eigenvalue weighted by Crippen LogP contribution is 2.30. The van der Waals surface area contributed by atoms with Gasteiger partial charge in [0, 0.05) is 38.0 Å². The molecule has 0 bridgehead atoms. The summed E-state index contributed by atoms with van der Waals surface area (Å²) < 4.78 is 31.4. The number of aromatic nitrogens is 3. The van der Waals surface area contributed by atoms with Gasteiger partial charge in [-0.05, 0) is 11.4 Å². The van der Waals surface area contributed by atoms with Gasteiger partial charge < -0.3 is 4.52 Å². The lowest BCUT2D eigenvalue weighted by atomic mass is 10.1. The summed E-state index contributed by atoms with van der Waals surface area (Å²) in [6.45, 7) is 1.02. The van der Waals surface area contributed by atoms with E-state index in [2.05, 4.69) is 15.2 Å². The predicted octanol–water partition coefficient (Wildman–Crippen LogP) is 2.11. The molecule has 0 N–H and O–H groups in total. The van der Waals surface area contributed by atoms with Crippen LogP contribution < -0.4 is 0 Å². The van der Waals surface area contributed by atoms with Crippen molar-refractivity contribution in [1.29, 1.82) is 0 Å². The van der Waals surface area contributed by atoms with Gasteiger partial charge in [0.05, 0.1) is 34.3 Å². The normalized spacial score (nSPS) is 20.8. The van der Waals surface area contributed by atoms with Gasteiger partial charge in [-0.25, -0.2) is 8.42 Å². The molecule has 1 aliphatic rings. The summed E-state index contributed by atoms with van der Waals surface area (Å²) in [5.74, 6) is 1.01. The summed E-state index contributed by atoms with van der Waals surface area (Å²) in [5, 5.41) is 10.3. The lowest BCUT2D eigenvalue weighted by Gasteiger charge is -2.34. The minimum atomic E-state index is -3.05. The van der Waals surface area contributed by atoms with Crippen molar-refractivity contribution >= 4 is 21.2 Å². The summed E-state index contributed by atoms with van der Waals surface area (Å²) in [6.07, 6.45) is 3.61. The number of hydrogen-bond donors (Lipinski definition) is 0. The average molecular weight is 378 g/mol. The van der Waals surface area contributed by atoms with E-state index >= 15 is 0 Å². The third kappa shape index (κ3) is 3.53. The first-order chi connectivity index (χ1) is 12.0. The zero-order valence-corrected chi connectivity index (χ0v) is 15.3. The molecule has 9 heteroatoms. The van der Waals surface area contributed by atoms with Crippen LogP contribution in [0.3, 0.4) is 0 Å². The molecular weight excluding hydrogens is 360 g/mol. The van der Waals surface area contributed by atoms with Crippen molar-refractivity contribution in [2.45, 2.75) is 12.6 Å². The molecule has 0 saturated carbocycles. The first kappa shape index (κ1) is 16.5. The highest BCUT2D eigenvalue weighted by atomic mass is 32.2. The molecule has 1 unspecified atom stereocenters. The maximum absolute atomic E-state index is 12.1. The Balaban J connectivity index is 1.57. The maximum Gasteiger partial charge on any atom is 0.177 e. The van der Waals surface area contributed by atoms with Crippen molar-refractivity contribution in [3.63, 3.8) is 0 Å². The van der Waals surface area contributed by atoms with Crippen LogP contribution in [0.1, 0.15) is 17.3 Å². The highest BCUT2D eigenvalue weighted by molar-refractivity contribution is 7.91. The van der Waals surface area contributed by atoms with Gasteiger partial charge >= 0.3 is 0 Å². The molecule has 0 amide bonds. The van der Waals surface area contributed by atoms with Gasteiger partial charge in [-0.15, -0.1) is 11.3 Å². The number of thiophene rings is 1. The Bertz CT molecular complexity index is 959. The highest BCUT2D eigenvalue weighted by Gasteiger charge is 2.33. The molecule has 1 atom stereocenters. The van der Waals surface area contributed by atoms with E-state index in [9.17, 15) is 8.42 Å². The number of nitrogens with zero attached hydrogens (tertiary/aromatic N) is 4. The lowest BCUT2D eigenvalue weighted by molar-refractivity contribution is 0.200. The molecule has 7 nitrogen and oxygen atoms in total. The molecule has 0 radical (unpaired) electrons. The van der Waals surface area contributed by atoms with Crippen LogP contribution in [0.4, 0.5) is 0 Å². The molecule has 0 spiro atoms. The molecule has 3 aromatic heterocycles. The van der Waals surface area contributed by atoms with E-state index in [4.69, 9.17) is 4.52 Å². The lowest BCUT2D eigenvalue weighted by Crippen LogP contribution is -2.42. The maximum atomic E-state index is 12.1. The zero-order valence-electron chi connectivity index (χ0n) is 13.7. The first-order valence-corrected chi connectivity index (χ1v) is 10.6. The van der Waals surface area contributed by atoms with E-state index in [-0.39, 0.29) is 17.5 Å². The first-order valence-electron chi connectivity index (χ1n) is 7.93. The molecule has 0 aliphatic carbocycles. The van der Waals surface area contributed by atoms with Crippen molar-refractivity contribution in [1.82, 2.24) is 19.8 Å². The summed E-state index contributed by atoms with van der Waals surface area (Å²) in [5.41, 5.74) is 1.71. The number of hydrogen-bond acceptors (Lipinski definition) is 7. The summed E-state index contributed by atoms with van der Waals surface area (Å²) in [4.78, 5) is 3.16. The van der Waals surface area contributed by atoms with Crippen LogP contribution in [0.5, 0.6) is 0 Å². The fraction of sp³-hybridized carbons (Fsp3) is 0.375. The van der Waals surface area contributed by atoms with Crippen LogP contribution in [-0.4, -0.2) is 46.3 Å². The molecule has 0 aromatic carbocycles. The Morgan fingerprint density at radius 3 is 3.04 bits per heavy atom. The largest absolute Gasteiger partial charge is 0.355 e. The van der Waals surface area contributed by atoms with Gasteiger partial charge in [-0.3, -0.25) is 9.58 Å². The molecule has 3 aromatic rings. The Labute approximate surface area is 149 Å². The molecule has 1 saturated heterocycles. The monoisotopic (exact) mass is 378 g/mol. The van der Waals surface area contributed by atoms with Gasteiger partial charge in [-0.1, -0.05) is 11.2 Å². The van der Waals surface area contributed by atoms with Crippen molar-refractivity contribution in [3.8, 4) is 10.6 Å². The Morgan fingerprint density at radius 2 is 2.32 bits per heavy atom. The summed E-state index contributed by atoms with van der Waals surface area (Å²) in [6, 6.07) is 5.67. The van der Waals surface area contributed by atoms with E-state index in [1.807, 2.05) is 36.8 Å². The topological polar surface area (TPSA) is 81.2 Å². The van der Waals surface area contributed by atoms with E-state index in [0.717, 1.165) is 21.9 Å². The minimum absolute atomic E-state index is 0.105. The summed E-state index contributed by atoms with van der Waals surface area (Å²) >= 11 is 1.60. The molecule has 4 rings (SSSR count). The molecule has 4 heterocycles. The molecule has 1 aliphatic heterocycles. The van der Waals surface area contributed by atoms with E-state index in [1.54, 1.807) is 22.2 Å². The predicted molar refractivity (Wildman–Crippen MR) is 94.8 cm³/mol. The van der Waals surface area contributed by atoms with Crippen LogP contribution in [0.25, 0.3) is 10.6 Å². The Kier molecular flexibility index (Phi) is 4.22. The second-order valence-electron chi connectivity index (χ2n) is 6.21. The van der Waals surface area contributed by atoms with Crippen LogP contribution >= 0.6 is 11.3 Å². The number of sulfone groups is 1. The van der Waals surface area contributed by atoms with Crippen molar-refractivity contribution in [3.05, 3.63) is 47.2 Å². The molecular formula is C16H18N4O3S2. The molecule has 25 heavy (non-hydrogen) atoms. The molecule has 1 fully saturated rings. The summed E-state index contributed by atoms with van der Waals surface area (Å²) in [7, 11) is -1.22. The van der Waals surface area contributed by atoms with Crippen LogP contribution in [0, 0.1) is 0 Å². The third-order valence-electron chi connectivity index (χ3n) is 4.34. The van der Waals surface area contributed by atoms with Crippen LogP contribution in [0.2, 0.25) is 0 Å². The van der Waals surface area contributed by atoms with Gasteiger partial charge in [0.15, 0.2) is 15.6 Å². The van der Waals surface area contributed by atoms with Gasteiger partial charge in [0.1, 0.15) is 0 Å². The van der Waals surface area contributed by atoms with Gasteiger partial charge in [0.2, 0.25) is 0 Å². The van der Waals surface area contributed by atoms with Crippen LogP contribution in [-0.2, 0) is 23.4 Å². The number of rotatable bonds is 4. The Morgan fingerprint density at radius 1 is 1.44 bits per heavy atom. The molecule has 132 valence electrons. The van der Waals surface area contributed by atoms with E-state index < -0.39 is 9.84 Å². The fourth-order valence-electron chi connectivity index (χ4n) is 3.08. The van der Waals surface area contributed by atoms with E-state index in [0.29, 0.717) is 13.1 Å². The fourth-order valence-corrected chi connectivity index (χ4v) is 5.32. The zero-order chi connectivity index (χ0) is 17.4. The van der Waals surface area contributed by atoms with Gasteiger partial charge in [0.25, 0.3) is 0 Å². The third-order valence-corrected chi connectivity index (χ3v) is 6.85. The SMILES string of the molecule is Cn1cc(C2CS(=O)(=O)CCN2Cc2cc(-c3cccs3)on2)cn1. The van der Waals surface area contributed by atoms with Crippen molar-refractivity contribution in [2.24, 2.45) is 7.05 Å². The standard InChI is InChI=1S/C16H18N4O3S2/c1-19-9-12(8-17-19)14-11-25(21,22)6-4-20(14)10-13-7-15(23-18-13)16-3-2-5-24-16/h2-3,5,7-9,14H,4,6,10-11H2,1H3. The minimum Gasteiger partial charge on any atom is -0.355 e. The van der Waals surface area contributed by atoms with Crippen LogP contribution in [0.15, 0.2) is 40.5 Å².